The third-order valence-corrected chi connectivity index (χ3v) is 1.24. The quantitative estimate of drug-likeness (QED) is 0.558. The molecule has 0 unspecified atom stereocenters. The zero-order valence-electron chi connectivity index (χ0n) is 9.24. The van der Waals surface area contributed by atoms with E-state index >= 15 is 0 Å². The molecule has 0 aliphatic carbocycles. The molecule has 0 spiro atoms. The van der Waals surface area contributed by atoms with E-state index in [2.05, 4.69) is 0 Å². The Morgan fingerprint density at radius 1 is 1.43 bits per heavy atom. The Labute approximate surface area is 84.6 Å². The maximum Gasteiger partial charge on any atom is 0.434 e. The molecule has 0 heterocycles. The van der Waals surface area contributed by atoms with Gasteiger partial charge >= 0.3 is 6.09 Å². The molecule has 84 valence electrons. The number of ether oxygens (including phenoxy) is 1. The lowest BCUT2D eigenvalue weighted by Crippen LogP contribution is -2.37. The van der Waals surface area contributed by atoms with E-state index in [-0.39, 0.29) is 0 Å². The van der Waals surface area contributed by atoms with Gasteiger partial charge < -0.3 is 9.84 Å². The molecule has 0 radical (unpaired) electrons. The Kier molecular flexibility index (Phi) is 5.49. The van der Waals surface area contributed by atoms with Crippen LogP contribution >= 0.6 is 0 Å². The molecule has 0 aliphatic heterocycles. The zero-order valence-corrected chi connectivity index (χ0v) is 9.24. The molecular formula is C9H19NO4. The lowest BCUT2D eigenvalue weighted by Gasteiger charge is -2.25. The molecule has 0 rings (SSSR count). The van der Waals surface area contributed by atoms with Crippen molar-refractivity contribution >= 4 is 6.09 Å². The van der Waals surface area contributed by atoms with Crippen molar-refractivity contribution in [3.63, 3.8) is 0 Å². The molecule has 0 aromatic heterocycles. The summed E-state index contributed by atoms with van der Waals surface area (Å²) in [6.45, 7) is 7.09. The SMILES string of the molecule is CCCN(OCO)C(=O)OC(C)(C)C. The summed E-state index contributed by atoms with van der Waals surface area (Å²) in [5.74, 6) is 0. The Hall–Kier alpha value is -0.810. The molecule has 1 amide bonds. The van der Waals surface area contributed by atoms with Gasteiger partial charge in [0.25, 0.3) is 0 Å². The van der Waals surface area contributed by atoms with Gasteiger partial charge in [-0.25, -0.2) is 9.63 Å². The second-order valence-electron chi connectivity index (χ2n) is 3.84. The van der Waals surface area contributed by atoms with Gasteiger partial charge in [-0.1, -0.05) is 6.92 Å². The topological polar surface area (TPSA) is 59.0 Å². The van der Waals surface area contributed by atoms with Crippen LogP contribution in [0.5, 0.6) is 0 Å². The summed E-state index contributed by atoms with van der Waals surface area (Å²) < 4.78 is 5.06. The van der Waals surface area contributed by atoms with E-state index < -0.39 is 18.5 Å². The lowest BCUT2D eigenvalue weighted by molar-refractivity contribution is -0.193. The smallest absolute Gasteiger partial charge is 0.434 e. The number of hydrogen-bond donors (Lipinski definition) is 1. The minimum Gasteiger partial charge on any atom is -0.442 e. The molecule has 0 saturated carbocycles. The lowest BCUT2D eigenvalue weighted by atomic mass is 10.2. The predicted molar refractivity (Wildman–Crippen MR) is 51.4 cm³/mol. The molecule has 5 heteroatoms. The van der Waals surface area contributed by atoms with E-state index in [1.165, 1.54) is 0 Å². The minimum absolute atomic E-state index is 0.398. The molecule has 1 N–H and O–H groups in total. The largest absolute Gasteiger partial charge is 0.442 e. The van der Waals surface area contributed by atoms with E-state index in [9.17, 15) is 4.79 Å². The van der Waals surface area contributed by atoms with Crippen molar-refractivity contribution in [3.05, 3.63) is 0 Å². The van der Waals surface area contributed by atoms with Gasteiger partial charge in [0.1, 0.15) is 5.60 Å². The second-order valence-corrected chi connectivity index (χ2v) is 3.84. The molecule has 0 atom stereocenters. The van der Waals surface area contributed by atoms with Gasteiger partial charge in [-0.15, -0.1) is 0 Å². The van der Waals surface area contributed by atoms with Gasteiger partial charge in [-0.05, 0) is 27.2 Å². The van der Waals surface area contributed by atoms with Crippen molar-refractivity contribution < 1.29 is 19.5 Å². The summed E-state index contributed by atoms with van der Waals surface area (Å²) in [6, 6.07) is 0. The summed E-state index contributed by atoms with van der Waals surface area (Å²) in [5.41, 5.74) is -0.554. The monoisotopic (exact) mass is 205 g/mol. The van der Waals surface area contributed by atoms with Crippen LogP contribution in [-0.4, -0.2) is 35.2 Å². The van der Waals surface area contributed by atoms with E-state index in [4.69, 9.17) is 14.7 Å². The molecule has 0 aromatic carbocycles. The van der Waals surface area contributed by atoms with Crippen LogP contribution in [0, 0.1) is 0 Å². The van der Waals surface area contributed by atoms with Crippen molar-refractivity contribution in [1.29, 1.82) is 0 Å². The first-order valence-corrected chi connectivity index (χ1v) is 4.65. The van der Waals surface area contributed by atoms with Gasteiger partial charge in [-0.2, -0.15) is 5.06 Å². The maximum absolute atomic E-state index is 11.4. The van der Waals surface area contributed by atoms with Crippen molar-refractivity contribution in [2.75, 3.05) is 13.3 Å². The molecule has 14 heavy (non-hydrogen) atoms. The van der Waals surface area contributed by atoms with Gasteiger partial charge in [0.05, 0.1) is 6.54 Å². The van der Waals surface area contributed by atoms with E-state index in [1.807, 2.05) is 6.92 Å². The average molecular weight is 205 g/mol. The van der Waals surface area contributed by atoms with Crippen LogP contribution in [0.4, 0.5) is 4.79 Å². The van der Waals surface area contributed by atoms with Crippen LogP contribution in [0.1, 0.15) is 34.1 Å². The standard InChI is InChI=1S/C9H19NO4/c1-5-6-10(13-7-11)8(12)14-9(2,3)4/h11H,5-7H2,1-4H3. The number of nitrogens with zero attached hydrogens (tertiary/aromatic N) is 1. The molecule has 5 nitrogen and oxygen atoms in total. The second kappa shape index (κ2) is 5.82. The highest BCUT2D eigenvalue weighted by molar-refractivity contribution is 5.66. The highest BCUT2D eigenvalue weighted by atomic mass is 16.8. The zero-order chi connectivity index (χ0) is 11.2. The van der Waals surface area contributed by atoms with Gasteiger partial charge in [-0.3, -0.25) is 0 Å². The summed E-state index contributed by atoms with van der Waals surface area (Å²) in [6.07, 6.45) is 0.160. The van der Waals surface area contributed by atoms with Crippen LogP contribution < -0.4 is 0 Å². The third kappa shape index (κ3) is 5.77. The Bertz CT molecular complexity index is 170. The number of aliphatic hydroxyl groups is 1. The summed E-state index contributed by atoms with van der Waals surface area (Å²) in [4.78, 5) is 16.1. The highest BCUT2D eigenvalue weighted by Crippen LogP contribution is 2.10. The fourth-order valence-corrected chi connectivity index (χ4v) is 0.794. The molecule has 0 aromatic rings. The van der Waals surface area contributed by atoms with Crippen molar-refractivity contribution in [2.24, 2.45) is 0 Å². The number of hydroxylamine groups is 2. The number of aliphatic hydroxyl groups excluding tert-OH is 1. The van der Waals surface area contributed by atoms with E-state index in [0.29, 0.717) is 6.54 Å². The minimum atomic E-state index is -0.576. The van der Waals surface area contributed by atoms with E-state index in [1.54, 1.807) is 20.8 Å². The molecule has 0 aliphatic rings. The van der Waals surface area contributed by atoms with Gasteiger partial charge in [0.2, 0.25) is 0 Å². The highest BCUT2D eigenvalue weighted by Gasteiger charge is 2.22. The van der Waals surface area contributed by atoms with Crippen LogP contribution in [0.3, 0.4) is 0 Å². The van der Waals surface area contributed by atoms with Gasteiger partial charge in [0.15, 0.2) is 6.79 Å². The average Bonchev–Trinajstić information content (AvgIpc) is 2.01. The van der Waals surface area contributed by atoms with Crippen LogP contribution in [-0.2, 0) is 9.57 Å². The van der Waals surface area contributed by atoms with E-state index in [0.717, 1.165) is 11.5 Å². The Morgan fingerprint density at radius 3 is 2.36 bits per heavy atom. The summed E-state index contributed by atoms with van der Waals surface area (Å²) in [5, 5.41) is 9.56. The van der Waals surface area contributed by atoms with Crippen LogP contribution in [0.15, 0.2) is 0 Å². The number of amides is 1. The predicted octanol–water partition coefficient (Wildman–Crippen LogP) is 1.51. The first-order chi connectivity index (χ1) is 6.40. The van der Waals surface area contributed by atoms with Crippen LogP contribution in [0.25, 0.3) is 0 Å². The molecule has 0 fully saturated rings. The maximum atomic E-state index is 11.4. The number of carbonyl (C=O) groups is 1. The first kappa shape index (κ1) is 13.2. The van der Waals surface area contributed by atoms with Crippen molar-refractivity contribution in [2.45, 2.75) is 39.7 Å². The Morgan fingerprint density at radius 2 is 2.00 bits per heavy atom. The first-order valence-electron chi connectivity index (χ1n) is 4.65. The summed E-state index contributed by atoms with van der Waals surface area (Å²) >= 11 is 0. The molecule has 0 bridgehead atoms. The summed E-state index contributed by atoms with van der Waals surface area (Å²) in [7, 11) is 0. The number of carbonyl (C=O) groups excluding carboxylic acids is 1. The van der Waals surface area contributed by atoms with Crippen LogP contribution in [0.2, 0.25) is 0 Å². The van der Waals surface area contributed by atoms with Crippen molar-refractivity contribution in [1.82, 2.24) is 5.06 Å². The molecule has 0 saturated heterocycles. The fourth-order valence-electron chi connectivity index (χ4n) is 0.794. The normalized spacial score (nSPS) is 11.2. The molecular weight excluding hydrogens is 186 g/mol. The van der Waals surface area contributed by atoms with Gasteiger partial charge in [0, 0.05) is 0 Å². The number of rotatable bonds is 4. The number of hydrogen-bond acceptors (Lipinski definition) is 4. The Balaban J connectivity index is 4.14. The fraction of sp³-hybridized carbons (Fsp3) is 0.889. The van der Waals surface area contributed by atoms with Crippen molar-refractivity contribution in [3.8, 4) is 0 Å². The third-order valence-electron chi connectivity index (χ3n) is 1.24.